The van der Waals surface area contributed by atoms with E-state index in [9.17, 15) is 0 Å². The lowest BCUT2D eigenvalue weighted by molar-refractivity contribution is 1.21. The molecule has 2 nitrogen and oxygen atoms in total. The number of benzene rings is 10. The lowest BCUT2D eigenvalue weighted by Gasteiger charge is -2.32. The van der Waals surface area contributed by atoms with Gasteiger partial charge in [0.1, 0.15) is 0 Å². The Labute approximate surface area is 390 Å². The molecule has 0 aromatic heterocycles. The van der Waals surface area contributed by atoms with Gasteiger partial charge in [0.05, 0.1) is 22.7 Å². The Bertz CT molecular complexity index is 3010. The van der Waals surface area contributed by atoms with Crippen LogP contribution in [-0.4, -0.2) is 0 Å². The zero-order valence-corrected chi connectivity index (χ0v) is 38.0. The second-order valence-electron chi connectivity index (χ2n) is 17.2. The zero-order chi connectivity index (χ0) is 45.0. The fourth-order valence-electron chi connectivity index (χ4n) is 9.70. The first-order valence-corrected chi connectivity index (χ1v) is 22.8. The Morgan fingerprint density at radius 1 is 0.227 bits per heavy atom. The van der Waals surface area contributed by atoms with Gasteiger partial charge in [0.25, 0.3) is 0 Å². The molecule has 0 spiro atoms. The predicted molar refractivity (Wildman–Crippen MR) is 282 cm³/mol. The minimum absolute atomic E-state index is 1.11. The topological polar surface area (TPSA) is 6.48 Å². The molecule has 0 amide bonds. The smallest absolute Gasteiger partial charge is 0.0540 e. The van der Waals surface area contributed by atoms with E-state index in [-0.39, 0.29) is 0 Å². The number of nitrogens with zero attached hydrogens (tertiary/aromatic N) is 2. The van der Waals surface area contributed by atoms with Crippen LogP contribution in [0.3, 0.4) is 0 Å². The third kappa shape index (κ3) is 8.33. The quantitative estimate of drug-likeness (QED) is 0.128. The highest BCUT2D eigenvalue weighted by molar-refractivity contribution is 5.94. The van der Waals surface area contributed by atoms with Gasteiger partial charge in [-0.3, -0.25) is 0 Å². The van der Waals surface area contributed by atoms with Crippen molar-refractivity contribution in [3.05, 3.63) is 265 Å². The lowest BCUT2D eigenvalue weighted by Crippen LogP contribution is -2.15. The summed E-state index contributed by atoms with van der Waals surface area (Å²) < 4.78 is 0. The molecular formula is C64H52N2. The summed E-state index contributed by atoms with van der Waals surface area (Å²) >= 11 is 0. The van der Waals surface area contributed by atoms with Crippen LogP contribution in [0.1, 0.15) is 22.3 Å². The number of hydrogen-bond donors (Lipinski definition) is 0. The van der Waals surface area contributed by atoms with Crippen LogP contribution in [0.25, 0.3) is 55.6 Å². The summed E-state index contributed by atoms with van der Waals surface area (Å²) in [4.78, 5) is 4.93. The second kappa shape index (κ2) is 18.5. The normalized spacial score (nSPS) is 11.0. The molecule has 0 radical (unpaired) electrons. The van der Waals surface area contributed by atoms with Gasteiger partial charge < -0.3 is 9.80 Å². The van der Waals surface area contributed by atoms with Crippen molar-refractivity contribution in [2.45, 2.75) is 27.7 Å². The maximum absolute atomic E-state index is 2.47. The Kier molecular flexibility index (Phi) is 11.7. The summed E-state index contributed by atoms with van der Waals surface area (Å²) in [5.74, 6) is 0. The van der Waals surface area contributed by atoms with Crippen molar-refractivity contribution in [1.29, 1.82) is 0 Å². The molecular weight excluding hydrogens is 797 g/mol. The van der Waals surface area contributed by atoms with E-state index in [4.69, 9.17) is 0 Å². The third-order valence-corrected chi connectivity index (χ3v) is 12.6. The lowest BCUT2D eigenvalue weighted by atomic mass is 9.93. The van der Waals surface area contributed by atoms with Crippen LogP contribution in [0.5, 0.6) is 0 Å². The number of rotatable bonds is 11. The molecule has 0 heterocycles. The predicted octanol–water partition coefficient (Wildman–Crippen LogP) is 18.2. The second-order valence-corrected chi connectivity index (χ2v) is 17.2. The first kappa shape index (κ1) is 41.8. The monoisotopic (exact) mass is 848 g/mol. The highest BCUT2D eigenvalue weighted by Crippen LogP contribution is 2.48. The molecule has 0 saturated heterocycles. The fraction of sp³-hybridized carbons (Fsp3) is 0.0625. The highest BCUT2D eigenvalue weighted by Gasteiger charge is 2.24. The van der Waals surface area contributed by atoms with E-state index in [0.717, 1.165) is 22.7 Å². The van der Waals surface area contributed by atoms with E-state index in [1.807, 2.05) is 0 Å². The maximum atomic E-state index is 2.47. The number of hydrogen-bond acceptors (Lipinski definition) is 2. The standard InChI is InChI=1S/C64H52N2/c1-45-39-55(40-46(2)63(45)65(57-33-21-31-53(43-57)49-23-9-5-10-24-49)61-37-19-17-35-59(61)51-27-13-7-14-28-51)56-41-47(3)64(48(4)42-56)66(58-34-22-32-54(44-58)50-25-11-6-12-26-50)62-38-20-18-36-60(62)52-29-15-8-16-30-52/h5-44H,1-4H3. The molecule has 0 aliphatic carbocycles. The maximum Gasteiger partial charge on any atom is 0.0540 e. The van der Waals surface area contributed by atoms with E-state index in [1.54, 1.807) is 0 Å². The molecule has 0 aliphatic heterocycles. The van der Waals surface area contributed by atoms with E-state index < -0.39 is 0 Å². The average molecular weight is 849 g/mol. The van der Waals surface area contributed by atoms with E-state index in [1.165, 1.54) is 89.3 Å². The van der Waals surface area contributed by atoms with Crippen LogP contribution >= 0.6 is 0 Å². The Hall–Kier alpha value is -8.20. The van der Waals surface area contributed by atoms with Crippen LogP contribution < -0.4 is 9.80 Å². The van der Waals surface area contributed by atoms with Crippen molar-refractivity contribution in [3.8, 4) is 55.6 Å². The SMILES string of the molecule is Cc1cc(-c2cc(C)c(N(c3cccc(-c4ccccc4)c3)c3ccccc3-c3ccccc3)c(C)c2)cc(C)c1N(c1cccc(-c2ccccc2)c1)c1ccccc1-c1ccccc1. The molecule has 0 fully saturated rings. The van der Waals surface area contributed by atoms with Crippen molar-refractivity contribution in [2.24, 2.45) is 0 Å². The number of para-hydroxylation sites is 2. The van der Waals surface area contributed by atoms with E-state index in [2.05, 4.69) is 280 Å². The largest absolute Gasteiger partial charge is 0.309 e. The molecule has 0 bridgehead atoms. The summed E-state index contributed by atoms with van der Waals surface area (Å²) in [6.07, 6.45) is 0. The van der Waals surface area contributed by atoms with Gasteiger partial charge in [0, 0.05) is 22.5 Å². The minimum atomic E-state index is 1.11. The minimum Gasteiger partial charge on any atom is -0.309 e. The van der Waals surface area contributed by atoms with Gasteiger partial charge >= 0.3 is 0 Å². The molecule has 318 valence electrons. The van der Waals surface area contributed by atoms with Crippen LogP contribution in [0, 0.1) is 27.7 Å². The van der Waals surface area contributed by atoms with Crippen LogP contribution in [0.4, 0.5) is 34.1 Å². The molecule has 0 aliphatic rings. The first-order valence-electron chi connectivity index (χ1n) is 22.8. The summed E-state index contributed by atoms with van der Waals surface area (Å²) in [7, 11) is 0. The van der Waals surface area contributed by atoms with Gasteiger partial charge in [0.2, 0.25) is 0 Å². The molecule has 0 unspecified atom stereocenters. The number of aryl methyl sites for hydroxylation is 4. The first-order chi connectivity index (χ1) is 32.4. The van der Waals surface area contributed by atoms with Gasteiger partial charge in [-0.25, -0.2) is 0 Å². The number of anilines is 6. The van der Waals surface area contributed by atoms with Gasteiger partial charge in [0.15, 0.2) is 0 Å². The van der Waals surface area contributed by atoms with Gasteiger partial charge in [-0.15, -0.1) is 0 Å². The molecule has 0 saturated carbocycles. The fourth-order valence-corrected chi connectivity index (χ4v) is 9.70. The van der Waals surface area contributed by atoms with Gasteiger partial charge in [-0.1, -0.05) is 182 Å². The molecule has 10 rings (SSSR count). The Morgan fingerprint density at radius 2 is 0.515 bits per heavy atom. The molecule has 0 atom stereocenters. The van der Waals surface area contributed by atoms with Crippen molar-refractivity contribution in [3.63, 3.8) is 0 Å². The van der Waals surface area contributed by atoms with Crippen molar-refractivity contribution in [1.82, 2.24) is 0 Å². The molecule has 66 heavy (non-hydrogen) atoms. The molecule has 2 heteroatoms. The van der Waals surface area contributed by atoms with E-state index >= 15 is 0 Å². The van der Waals surface area contributed by atoms with Crippen molar-refractivity contribution in [2.75, 3.05) is 9.80 Å². The molecule has 10 aromatic carbocycles. The third-order valence-electron chi connectivity index (χ3n) is 12.6. The van der Waals surface area contributed by atoms with Crippen molar-refractivity contribution >= 4 is 34.1 Å². The Morgan fingerprint density at radius 3 is 0.864 bits per heavy atom. The highest BCUT2D eigenvalue weighted by atomic mass is 15.2. The van der Waals surface area contributed by atoms with Crippen LogP contribution in [-0.2, 0) is 0 Å². The van der Waals surface area contributed by atoms with Gasteiger partial charge in [-0.05, 0) is 155 Å². The summed E-state index contributed by atoms with van der Waals surface area (Å²) in [6.45, 7) is 9.06. The van der Waals surface area contributed by atoms with Gasteiger partial charge in [-0.2, -0.15) is 0 Å². The molecule has 10 aromatic rings. The van der Waals surface area contributed by atoms with Crippen LogP contribution in [0.2, 0.25) is 0 Å². The summed E-state index contributed by atoms with van der Waals surface area (Å²) in [5, 5.41) is 0. The summed E-state index contributed by atoms with van der Waals surface area (Å²) in [6, 6.07) is 87.8. The average Bonchev–Trinajstić information content (AvgIpc) is 3.37. The Balaban J connectivity index is 1.11. The zero-order valence-electron chi connectivity index (χ0n) is 38.0. The molecule has 0 N–H and O–H groups in total. The van der Waals surface area contributed by atoms with E-state index in [0.29, 0.717) is 0 Å². The summed E-state index contributed by atoms with van der Waals surface area (Å²) in [5.41, 5.74) is 23.5. The van der Waals surface area contributed by atoms with Crippen LogP contribution in [0.15, 0.2) is 243 Å². The van der Waals surface area contributed by atoms with Crippen molar-refractivity contribution < 1.29 is 0 Å².